The molecule has 7 heteroatoms. The maximum Gasteiger partial charge on any atom is 0.270 e. The Kier molecular flexibility index (Phi) is 4.64. The fourth-order valence-electron chi connectivity index (χ4n) is 1.49. The van der Waals surface area contributed by atoms with Gasteiger partial charge in [0, 0.05) is 24.3 Å². The molecule has 2 aromatic rings. The molecule has 0 aromatic carbocycles. The largest absolute Gasteiger partial charge is 0.391 e. The molecule has 0 aliphatic heterocycles. The Morgan fingerprint density at radius 1 is 1.43 bits per heavy atom. The standard InChI is InChI=1S/C14H18N4O2S/c1-14(2,3)11(19)7-17-12(20)10-8-21-13(18-10)9-6-15-4-5-16-9/h4-6,8,11,19H,7H2,1-3H3,(H,17,20). The summed E-state index contributed by atoms with van der Waals surface area (Å²) in [5.41, 5.74) is 0.679. The minimum Gasteiger partial charge on any atom is -0.391 e. The number of amides is 1. The van der Waals surface area contributed by atoms with Crippen LogP contribution in [-0.4, -0.2) is 38.6 Å². The van der Waals surface area contributed by atoms with Gasteiger partial charge in [0.15, 0.2) is 0 Å². The quantitative estimate of drug-likeness (QED) is 0.898. The molecule has 6 nitrogen and oxygen atoms in total. The van der Waals surface area contributed by atoms with E-state index in [2.05, 4.69) is 20.3 Å². The Morgan fingerprint density at radius 2 is 2.19 bits per heavy atom. The number of aliphatic hydroxyl groups is 1. The molecule has 2 rings (SSSR count). The minimum absolute atomic E-state index is 0.195. The van der Waals surface area contributed by atoms with Crippen LogP contribution in [0.15, 0.2) is 24.0 Å². The lowest BCUT2D eigenvalue weighted by molar-refractivity contribution is 0.0585. The second-order valence-corrected chi connectivity index (χ2v) is 6.58. The third-order valence-electron chi connectivity index (χ3n) is 2.97. The van der Waals surface area contributed by atoms with E-state index in [0.29, 0.717) is 16.4 Å². The molecule has 1 unspecified atom stereocenters. The van der Waals surface area contributed by atoms with Gasteiger partial charge in [-0.2, -0.15) is 0 Å². The van der Waals surface area contributed by atoms with Crippen molar-refractivity contribution in [2.24, 2.45) is 5.41 Å². The lowest BCUT2D eigenvalue weighted by atomic mass is 9.89. The molecule has 0 radical (unpaired) electrons. The summed E-state index contributed by atoms with van der Waals surface area (Å²) in [5, 5.41) is 14.9. The van der Waals surface area contributed by atoms with Crippen molar-refractivity contribution in [2.45, 2.75) is 26.9 Å². The highest BCUT2D eigenvalue weighted by molar-refractivity contribution is 7.13. The van der Waals surface area contributed by atoms with Crippen LogP contribution in [0.3, 0.4) is 0 Å². The van der Waals surface area contributed by atoms with Crippen LogP contribution in [0.5, 0.6) is 0 Å². The average molecular weight is 306 g/mol. The number of hydrogen-bond donors (Lipinski definition) is 2. The number of aromatic nitrogens is 3. The molecule has 2 N–H and O–H groups in total. The second kappa shape index (κ2) is 6.28. The molecule has 1 amide bonds. The highest BCUT2D eigenvalue weighted by atomic mass is 32.1. The highest BCUT2D eigenvalue weighted by Gasteiger charge is 2.23. The molecule has 0 aliphatic rings. The smallest absolute Gasteiger partial charge is 0.270 e. The molecular formula is C14H18N4O2S. The van der Waals surface area contributed by atoms with Gasteiger partial charge in [0.05, 0.1) is 12.3 Å². The lowest BCUT2D eigenvalue weighted by Gasteiger charge is -2.25. The predicted octanol–water partition coefficient (Wildman–Crippen LogP) is 1.74. The van der Waals surface area contributed by atoms with Gasteiger partial charge in [-0.3, -0.25) is 14.8 Å². The lowest BCUT2D eigenvalue weighted by Crippen LogP contribution is -2.39. The first kappa shape index (κ1) is 15.5. The maximum atomic E-state index is 12.0. The molecule has 0 fully saturated rings. The summed E-state index contributed by atoms with van der Waals surface area (Å²) in [6.45, 7) is 5.94. The number of carbonyl (C=O) groups excluding carboxylic acids is 1. The van der Waals surface area contributed by atoms with Gasteiger partial charge >= 0.3 is 0 Å². The Bertz CT molecular complexity index is 607. The molecule has 0 spiro atoms. The molecule has 112 valence electrons. The molecule has 2 heterocycles. The van der Waals surface area contributed by atoms with Gasteiger partial charge < -0.3 is 10.4 Å². The van der Waals surface area contributed by atoms with Gasteiger partial charge in [-0.05, 0) is 5.41 Å². The van der Waals surface area contributed by atoms with E-state index in [4.69, 9.17) is 0 Å². The van der Waals surface area contributed by atoms with Crippen LogP contribution in [0.25, 0.3) is 10.7 Å². The Hall–Kier alpha value is -1.86. The Morgan fingerprint density at radius 3 is 2.81 bits per heavy atom. The van der Waals surface area contributed by atoms with E-state index in [-0.39, 0.29) is 17.9 Å². The topological polar surface area (TPSA) is 88.0 Å². The Labute approximate surface area is 127 Å². The first-order chi connectivity index (χ1) is 9.88. The number of rotatable bonds is 4. The van der Waals surface area contributed by atoms with Crippen molar-refractivity contribution in [1.82, 2.24) is 20.3 Å². The van der Waals surface area contributed by atoms with Crippen molar-refractivity contribution in [3.63, 3.8) is 0 Å². The van der Waals surface area contributed by atoms with Crippen molar-refractivity contribution in [3.05, 3.63) is 29.7 Å². The third kappa shape index (κ3) is 4.05. The second-order valence-electron chi connectivity index (χ2n) is 5.72. The third-order valence-corrected chi connectivity index (χ3v) is 3.84. The molecule has 0 saturated heterocycles. The van der Waals surface area contributed by atoms with Gasteiger partial charge in [-0.25, -0.2) is 4.98 Å². The number of carbonyl (C=O) groups is 1. The monoisotopic (exact) mass is 306 g/mol. The molecular weight excluding hydrogens is 288 g/mol. The van der Waals surface area contributed by atoms with Crippen molar-refractivity contribution in [3.8, 4) is 10.7 Å². The van der Waals surface area contributed by atoms with Crippen LogP contribution in [0.4, 0.5) is 0 Å². The SMILES string of the molecule is CC(C)(C)C(O)CNC(=O)c1csc(-c2cnccn2)n1. The van der Waals surface area contributed by atoms with Gasteiger partial charge in [0.2, 0.25) is 0 Å². The van der Waals surface area contributed by atoms with Gasteiger partial charge in [-0.15, -0.1) is 11.3 Å². The first-order valence-electron chi connectivity index (χ1n) is 6.56. The summed E-state index contributed by atoms with van der Waals surface area (Å²) in [6.07, 6.45) is 4.15. The van der Waals surface area contributed by atoms with Crippen molar-refractivity contribution in [1.29, 1.82) is 0 Å². The van der Waals surface area contributed by atoms with E-state index in [9.17, 15) is 9.90 Å². The predicted molar refractivity (Wildman–Crippen MR) is 80.9 cm³/mol. The van der Waals surface area contributed by atoms with Gasteiger partial charge in [0.25, 0.3) is 5.91 Å². The fraction of sp³-hybridized carbons (Fsp3) is 0.429. The van der Waals surface area contributed by atoms with Gasteiger partial charge in [-0.1, -0.05) is 20.8 Å². The highest BCUT2D eigenvalue weighted by Crippen LogP contribution is 2.21. The van der Waals surface area contributed by atoms with E-state index in [1.807, 2.05) is 20.8 Å². The summed E-state index contributed by atoms with van der Waals surface area (Å²) in [5.74, 6) is -0.301. The van der Waals surface area contributed by atoms with E-state index in [1.165, 1.54) is 11.3 Å². The molecule has 0 aliphatic carbocycles. The fourth-order valence-corrected chi connectivity index (χ4v) is 2.25. The molecule has 21 heavy (non-hydrogen) atoms. The van der Waals surface area contributed by atoms with E-state index in [1.54, 1.807) is 24.0 Å². The summed E-state index contributed by atoms with van der Waals surface area (Å²) in [7, 11) is 0. The summed E-state index contributed by atoms with van der Waals surface area (Å²) < 4.78 is 0. The minimum atomic E-state index is -0.612. The molecule has 1 atom stereocenters. The zero-order valence-corrected chi connectivity index (χ0v) is 13.0. The van der Waals surface area contributed by atoms with Crippen molar-refractivity contribution < 1.29 is 9.90 Å². The van der Waals surface area contributed by atoms with Crippen molar-refractivity contribution in [2.75, 3.05) is 6.54 Å². The first-order valence-corrected chi connectivity index (χ1v) is 7.44. The normalized spacial score (nSPS) is 13.0. The van der Waals surface area contributed by atoms with Crippen LogP contribution >= 0.6 is 11.3 Å². The van der Waals surface area contributed by atoms with Gasteiger partial charge in [0.1, 0.15) is 16.4 Å². The van der Waals surface area contributed by atoms with E-state index in [0.717, 1.165) is 0 Å². The Balaban J connectivity index is 2.00. The number of aliphatic hydroxyl groups excluding tert-OH is 1. The average Bonchev–Trinajstić information content (AvgIpc) is 2.94. The molecule has 0 saturated carbocycles. The van der Waals surface area contributed by atoms with Crippen LogP contribution < -0.4 is 5.32 Å². The number of thiazole rings is 1. The summed E-state index contributed by atoms with van der Waals surface area (Å²) >= 11 is 1.33. The van der Waals surface area contributed by atoms with Crippen LogP contribution in [-0.2, 0) is 0 Å². The van der Waals surface area contributed by atoms with Crippen LogP contribution in [0, 0.1) is 5.41 Å². The zero-order chi connectivity index (χ0) is 15.5. The van der Waals surface area contributed by atoms with Crippen LogP contribution in [0.1, 0.15) is 31.3 Å². The number of nitrogens with one attached hydrogen (secondary N) is 1. The van der Waals surface area contributed by atoms with E-state index < -0.39 is 6.10 Å². The maximum absolute atomic E-state index is 12.0. The summed E-state index contributed by atoms with van der Waals surface area (Å²) in [6, 6.07) is 0. The number of hydrogen-bond acceptors (Lipinski definition) is 6. The van der Waals surface area contributed by atoms with E-state index >= 15 is 0 Å². The van der Waals surface area contributed by atoms with Crippen LogP contribution in [0.2, 0.25) is 0 Å². The summed E-state index contributed by atoms with van der Waals surface area (Å²) in [4.78, 5) is 24.4. The molecule has 0 bridgehead atoms. The molecule has 2 aromatic heterocycles. The van der Waals surface area contributed by atoms with Crippen molar-refractivity contribution >= 4 is 17.2 Å². The zero-order valence-electron chi connectivity index (χ0n) is 12.2. The number of nitrogens with zero attached hydrogens (tertiary/aromatic N) is 3.